The van der Waals surface area contributed by atoms with Gasteiger partial charge in [0.15, 0.2) is 5.96 Å². The molecule has 2 fully saturated rings. The zero-order valence-electron chi connectivity index (χ0n) is 15.8. The molecule has 3 rings (SSSR count). The molecule has 3 heterocycles. The van der Waals surface area contributed by atoms with Crippen LogP contribution in [0.25, 0.3) is 0 Å². The summed E-state index contributed by atoms with van der Waals surface area (Å²) in [6.07, 6.45) is 8.43. The number of nitrogens with zero attached hydrogens (tertiary/aromatic N) is 4. The van der Waals surface area contributed by atoms with Crippen LogP contribution < -0.4 is 5.32 Å². The highest BCUT2D eigenvalue weighted by atomic mass is 19.3. The van der Waals surface area contributed by atoms with Crippen LogP contribution >= 0.6 is 0 Å². The lowest BCUT2D eigenvalue weighted by Crippen LogP contribution is -2.47. The third-order valence-corrected chi connectivity index (χ3v) is 5.11. The summed E-state index contributed by atoms with van der Waals surface area (Å²) in [6, 6.07) is 0. The molecule has 2 saturated heterocycles. The van der Waals surface area contributed by atoms with E-state index in [9.17, 15) is 8.78 Å². The maximum atomic E-state index is 12.9. The third-order valence-electron chi connectivity index (χ3n) is 5.11. The Bertz CT molecular complexity index is 596. The first kappa shape index (κ1) is 20.0. The highest BCUT2D eigenvalue weighted by molar-refractivity contribution is 5.79. The third kappa shape index (κ3) is 5.62. The van der Waals surface area contributed by atoms with Crippen molar-refractivity contribution in [2.45, 2.75) is 57.4 Å². The number of halogens is 2. The zero-order chi connectivity index (χ0) is 19.1. The highest BCUT2D eigenvalue weighted by Gasteiger charge is 2.24. The molecule has 0 aromatic carbocycles. The van der Waals surface area contributed by atoms with Gasteiger partial charge in [0.25, 0.3) is 0 Å². The maximum Gasteiger partial charge on any atom is 0.319 e. The minimum absolute atomic E-state index is 0.208. The molecule has 0 radical (unpaired) electrons. The molecule has 1 aromatic heterocycles. The normalized spacial score (nSPS) is 22.4. The number of rotatable bonds is 6. The molecular formula is C18H29F2N5O2. The van der Waals surface area contributed by atoms with Gasteiger partial charge in [0.05, 0.1) is 25.4 Å². The topological polar surface area (TPSA) is 63.9 Å². The van der Waals surface area contributed by atoms with Crippen molar-refractivity contribution in [2.75, 3.05) is 33.4 Å². The number of piperidine rings is 1. The van der Waals surface area contributed by atoms with Gasteiger partial charge in [-0.05, 0) is 32.1 Å². The fourth-order valence-corrected chi connectivity index (χ4v) is 3.57. The Balaban J connectivity index is 1.41. The minimum Gasteiger partial charge on any atom is -0.376 e. The van der Waals surface area contributed by atoms with E-state index < -0.39 is 6.55 Å². The van der Waals surface area contributed by atoms with Gasteiger partial charge in [-0.2, -0.15) is 8.78 Å². The van der Waals surface area contributed by atoms with Crippen LogP contribution in [0, 0.1) is 0 Å². The smallest absolute Gasteiger partial charge is 0.319 e. The molecule has 27 heavy (non-hydrogen) atoms. The van der Waals surface area contributed by atoms with E-state index in [-0.39, 0.29) is 24.6 Å². The van der Waals surface area contributed by atoms with Crippen LogP contribution in [0.5, 0.6) is 0 Å². The summed E-state index contributed by atoms with van der Waals surface area (Å²) >= 11 is 0. The lowest BCUT2D eigenvalue weighted by Gasteiger charge is -2.35. The molecule has 1 unspecified atom stereocenters. The second-order valence-corrected chi connectivity index (χ2v) is 6.94. The summed E-state index contributed by atoms with van der Waals surface area (Å²) in [5.74, 6) is 0.990. The number of aromatic nitrogens is 2. The molecule has 1 atom stereocenters. The number of hydrogen-bond acceptors (Lipinski definition) is 4. The molecule has 0 amide bonds. The lowest BCUT2D eigenvalue weighted by molar-refractivity contribution is -0.0721. The second kappa shape index (κ2) is 9.98. The molecule has 0 spiro atoms. The van der Waals surface area contributed by atoms with Gasteiger partial charge in [-0.3, -0.25) is 9.56 Å². The van der Waals surface area contributed by atoms with Crippen LogP contribution in [0.15, 0.2) is 17.4 Å². The van der Waals surface area contributed by atoms with Crippen molar-refractivity contribution in [1.29, 1.82) is 0 Å². The first-order valence-electron chi connectivity index (χ1n) is 9.66. The average Bonchev–Trinajstić information content (AvgIpc) is 3.17. The Kier molecular flexibility index (Phi) is 7.40. The predicted molar refractivity (Wildman–Crippen MR) is 97.8 cm³/mol. The van der Waals surface area contributed by atoms with Crippen LogP contribution in [0.2, 0.25) is 0 Å². The van der Waals surface area contributed by atoms with Gasteiger partial charge in [-0.25, -0.2) is 4.98 Å². The largest absolute Gasteiger partial charge is 0.376 e. The summed E-state index contributed by atoms with van der Waals surface area (Å²) in [5.41, 5.74) is 0. The fraction of sp³-hybridized carbons (Fsp3) is 0.778. The molecule has 152 valence electrons. The van der Waals surface area contributed by atoms with Gasteiger partial charge in [0.1, 0.15) is 5.82 Å². The number of imidazole rings is 1. The maximum absolute atomic E-state index is 12.9. The van der Waals surface area contributed by atoms with Crippen molar-refractivity contribution in [3.63, 3.8) is 0 Å². The van der Waals surface area contributed by atoms with Crippen molar-refractivity contribution < 1.29 is 18.3 Å². The first-order valence-corrected chi connectivity index (χ1v) is 9.66. The van der Waals surface area contributed by atoms with Crippen LogP contribution in [0.1, 0.15) is 44.5 Å². The molecule has 1 N–H and O–H groups in total. The number of hydrogen-bond donors (Lipinski definition) is 1. The summed E-state index contributed by atoms with van der Waals surface area (Å²) in [7, 11) is 1.70. The SMILES string of the molecule is CN=C(NCc1nccn1C(F)F)N1CCC(OCC2CCCCO2)CC1. The zero-order valence-corrected chi connectivity index (χ0v) is 15.8. The van der Waals surface area contributed by atoms with Gasteiger partial charge in [0.2, 0.25) is 0 Å². The number of guanidine groups is 1. The van der Waals surface area contributed by atoms with Gasteiger partial charge >= 0.3 is 6.55 Å². The van der Waals surface area contributed by atoms with E-state index in [1.807, 2.05) is 0 Å². The van der Waals surface area contributed by atoms with E-state index in [1.165, 1.54) is 18.8 Å². The monoisotopic (exact) mass is 385 g/mol. The van der Waals surface area contributed by atoms with Gasteiger partial charge in [-0.1, -0.05) is 0 Å². The molecule has 0 bridgehead atoms. The van der Waals surface area contributed by atoms with Crippen molar-refractivity contribution in [3.8, 4) is 0 Å². The number of likely N-dealkylation sites (tertiary alicyclic amines) is 1. The van der Waals surface area contributed by atoms with Crippen LogP contribution in [-0.4, -0.2) is 66.0 Å². The van der Waals surface area contributed by atoms with Crippen molar-refractivity contribution in [1.82, 2.24) is 19.8 Å². The predicted octanol–water partition coefficient (Wildman–Crippen LogP) is 2.40. The Morgan fingerprint density at radius 1 is 1.37 bits per heavy atom. The number of alkyl halides is 2. The van der Waals surface area contributed by atoms with Crippen molar-refractivity contribution in [3.05, 3.63) is 18.2 Å². The molecule has 0 aliphatic carbocycles. The Morgan fingerprint density at radius 3 is 2.85 bits per heavy atom. The van der Waals surface area contributed by atoms with E-state index in [0.29, 0.717) is 12.6 Å². The lowest BCUT2D eigenvalue weighted by atomic mass is 10.1. The molecule has 2 aliphatic rings. The Morgan fingerprint density at radius 2 is 2.19 bits per heavy atom. The summed E-state index contributed by atoms with van der Waals surface area (Å²) < 4.78 is 38.4. The van der Waals surface area contributed by atoms with E-state index in [0.717, 1.165) is 49.9 Å². The fourth-order valence-electron chi connectivity index (χ4n) is 3.57. The highest BCUT2D eigenvalue weighted by Crippen LogP contribution is 2.18. The quantitative estimate of drug-likeness (QED) is 0.602. The Hall–Kier alpha value is -1.74. The summed E-state index contributed by atoms with van der Waals surface area (Å²) in [6.45, 7) is 0.775. The summed E-state index contributed by atoms with van der Waals surface area (Å²) in [5, 5.41) is 3.13. The standard InChI is InChI=1S/C18H29F2N5O2/c1-21-18(23-12-16-22-7-10-25(16)17(19)20)24-8-5-14(6-9-24)27-13-15-4-2-3-11-26-15/h7,10,14-15,17H,2-6,8-9,11-13H2,1H3,(H,21,23). The molecule has 7 nitrogen and oxygen atoms in total. The average molecular weight is 385 g/mol. The number of aliphatic imine (C=N–C) groups is 1. The minimum atomic E-state index is -2.59. The van der Waals surface area contributed by atoms with Gasteiger partial charge in [0, 0.05) is 39.1 Å². The second-order valence-electron chi connectivity index (χ2n) is 6.94. The molecule has 9 heteroatoms. The van der Waals surface area contributed by atoms with Crippen molar-refractivity contribution >= 4 is 5.96 Å². The van der Waals surface area contributed by atoms with Gasteiger partial charge in [-0.15, -0.1) is 0 Å². The van der Waals surface area contributed by atoms with Crippen molar-refractivity contribution in [2.24, 2.45) is 4.99 Å². The first-order chi connectivity index (χ1) is 13.2. The van der Waals surface area contributed by atoms with Crippen LogP contribution in [-0.2, 0) is 16.0 Å². The van der Waals surface area contributed by atoms with Gasteiger partial charge < -0.3 is 19.7 Å². The van der Waals surface area contributed by atoms with E-state index >= 15 is 0 Å². The molecule has 2 aliphatic heterocycles. The van der Waals surface area contributed by atoms with E-state index in [2.05, 4.69) is 20.2 Å². The Labute approximate surface area is 158 Å². The summed E-state index contributed by atoms with van der Waals surface area (Å²) in [4.78, 5) is 10.4. The van der Waals surface area contributed by atoms with Crippen LogP contribution in [0.4, 0.5) is 8.78 Å². The molecule has 1 aromatic rings. The number of ether oxygens (including phenoxy) is 2. The molecule has 0 saturated carbocycles. The number of nitrogens with one attached hydrogen (secondary N) is 1. The molecular weight excluding hydrogens is 356 g/mol. The van der Waals surface area contributed by atoms with E-state index in [4.69, 9.17) is 9.47 Å². The van der Waals surface area contributed by atoms with E-state index in [1.54, 1.807) is 7.05 Å². The van der Waals surface area contributed by atoms with Crippen LogP contribution in [0.3, 0.4) is 0 Å².